The Morgan fingerprint density at radius 2 is 2.41 bits per heavy atom. The lowest BCUT2D eigenvalue weighted by molar-refractivity contribution is 0.202. The van der Waals surface area contributed by atoms with Crippen LogP contribution in [-0.2, 0) is 13.0 Å². The molecule has 0 spiro atoms. The molecule has 3 rings (SSSR count). The van der Waals surface area contributed by atoms with E-state index in [4.69, 9.17) is 0 Å². The van der Waals surface area contributed by atoms with Gasteiger partial charge in [-0.1, -0.05) is 6.42 Å². The normalized spacial score (nSPS) is 29.5. The first kappa shape index (κ1) is 11.7. The quantitative estimate of drug-likeness (QED) is 0.886. The third-order valence-corrected chi connectivity index (χ3v) is 5.43. The van der Waals surface area contributed by atoms with Crippen LogP contribution in [0.25, 0.3) is 0 Å². The molecule has 17 heavy (non-hydrogen) atoms. The van der Waals surface area contributed by atoms with Crippen molar-refractivity contribution < 1.29 is 0 Å². The Labute approximate surface area is 108 Å². The summed E-state index contributed by atoms with van der Waals surface area (Å²) < 4.78 is 0. The molecule has 2 heterocycles. The highest BCUT2D eigenvalue weighted by atomic mass is 32.1. The van der Waals surface area contributed by atoms with Gasteiger partial charge in [-0.15, -0.1) is 11.3 Å². The minimum atomic E-state index is 0.763. The second-order valence-electron chi connectivity index (χ2n) is 5.44. The minimum absolute atomic E-state index is 0.763. The van der Waals surface area contributed by atoms with Crippen molar-refractivity contribution in [3.05, 3.63) is 21.9 Å². The first-order valence-electron chi connectivity index (χ1n) is 6.81. The summed E-state index contributed by atoms with van der Waals surface area (Å²) in [6.07, 6.45) is 5.47. The molecule has 94 valence electrons. The molecule has 2 nitrogen and oxygen atoms in total. The van der Waals surface area contributed by atoms with Crippen LogP contribution in [0, 0.1) is 5.92 Å². The lowest BCUT2D eigenvalue weighted by Gasteiger charge is -2.31. The number of hydrogen-bond acceptors (Lipinski definition) is 3. The molecule has 1 fully saturated rings. The zero-order valence-corrected chi connectivity index (χ0v) is 11.4. The van der Waals surface area contributed by atoms with Gasteiger partial charge in [-0.3, -0.25) is 4.90 Å². The van der Waals surface area contributed by atoms with E-state index in [9.17, 15) is 0 Å². The van der Waals surface area contributed by atoms with Crippen LogP contribution in [0.15, 0.2) is 11.4 Å². The van der Waals surface area contributed by atoms with Gasteiger partial charge in [0.05, 0.1) is 0 Å². The molecule has 1 saturated carbocycles. The molecule has 3 heteroatoms. The molecule has 2 aliphatic rings. The van der Waals surface area contributed by atoms with Crippen molar-refractivity contribution >= 4 is 11.3 Å². The summed E-state index contributed by atoms with van der Waals surface area (Å²) in [5, 5.41) is 5.74. The molecule has 0 amide bonds. The van der Waals surface area contributed by atoms with E-state index in [1.807, 2.05) is 11.3 Å². The van der Waals surface area contributed by atoms with E-state index in [0.717, 1.165) is 12.0 Å². The third kappa shape index (κ3) is 2.42. The molecule has 0 radical (unpaired) electrons. The van der Waals surface area contributed by atoms with Crippen molar-refractivity contribution in [1.29, 1.82) is 0 Å². The molecule has 1 aliphatic heterocycles. The van der Waals surface area contributed by atoms with Crippen LogP contribution in [0.2, 0.25) is 0 Å². The van der Waals surface area contributed by atoms with Gasteiger partial charge < -0.3 is 5.32 Å². The van der Waals surface area contributed by atoms with Crippen LogP contribution in [0.5, 0.6) is 0 Å². The van der Waals surface area contributed by atoms with Gasteiger partial charge in [-0.05, 0) is 49.2 Å². The Balaban J connectivity index is 1.60. The van der Waals surface area contributed by atoms with Gasteiger partial charge in [0.2, 0.25) is 0 Å². The van der Waals surface area contributed by atoms with Crippen LogP contribution in [0.1, 0.15) is 29.7 Å². The van der Waals surface area contributed by atoms with Gasteiger partial charge in [0, 0.05) is 30.6 Å². The largest absolute Gasteiger partial charge is 0.317 e. The van der Waals surface area contributed by atoms with E-state index in [-0.39, 0.29) is 0 Å². The highest BCUT2D eigenvalue weighted by Crippen LogP contribution is 2.29. The summed E-state index contributed by atoms with van der Waals surface area (Å²) >= 11 is 1.94. The predicted molar refractivity (Wildman–Crippen MR) is 73.5 cm³/mol. The minimum Gasteiger partial charge on any atom is -0.317 e. The van der Waals surface area contributed by atoms with Crippen LogP contribution in [0.3, 0.4) is 0 Å². The molecule has 0 bridgehead atoms. The number of rotatable bonds is 3. The Kier molecular flexibility index (Phi) is 3.50. The summed E-state index contributed by atoms with van der Waals surface area (Å²) in [5.74, 6) is 0.875. The zero-order chi connectivity index (χ0) is 11.7. The third-order valence-electron chi connectivity index (χ3n) is 4.41. The summed E-state index contributed by atoms with van der Waals surface area (Å²) in [7, 11) is 2.12. The molecule has 1 aromatic rings. The van der Waals surface area contributed by atoms with Gasteiger partial charge in [-0.2, -0.15) is 0 Å². The lowest BCUT2D eigenvalue weighted by Crippen LogP contribution is -2.39. The molecule has 1 N–H and O–H groups in total. The average molecular weight is 250 g/mol. The highest BCUT2D eigenvalue weighted by molar-refractivity contribution is 7.10. The fourth-order valence-corrected chi connectivity index (χ4v) is 4.32. The molecular weight excluding hydrogens is 228 g/mol. The molecular formula is C14H22N2S. The maximum absolute atomic E-state index is 3.49. The summed E-state index contributed by atoms with van der Waals surface area (Å²) in [5.41, 5.74) is 1.58. The van der Waals surface area contributed by atoms with Crippen molar-refractivity contribution in [2.24, 2.45) is 5.92 Å². The van der Waals surface area contributed by atoms with Crippen molar-refractivity contribution in [1.82, 2.24) is 10.2 Å². The number of nitrogens with zero attached hydrogens (tertiary/aromatic N) is 1. The first-order valence-corrected chi connectivity index (χ1v) is 7.69. The van der Waals surface area contributed by atoms with Gasteiger partial charge in [0.1, 0.15) is 0 Å². The monoisotopic (exact) mass is 250 g/mol. The Bertz CT molecular complexity index is 374. The van der Waals surface area contributed by atoms with Gasteiger partial charge >= 0.3 is 0 Å². The smallest absolute Gasteiger partial charge is 0.0245 e. The standard InChI is InChI=1S/C14H22N2S/c1-15-13-4-2-3-11(13)9-16-7-5-14-12(10-16)6-8-17-14/h6,8,11,13,15H,2-5,7,9-10H2,1H3. The fraction of sp³-hybridized carbons (Fsp3) is 0.714. The Morgan fingerprint density at radius 3 is 3.29 bits per heavy atom. The van der Waals surface area contributed by atoms with Crippen molar-refractivity contribution in [2.45, 2.75) is 38.3 Å². The number of thiophene rings is 1. The van der Waals surface area contributed by atoms with Crippen LogP contribution in [0.4, 0.5) is 0 Å². The van der Waals surface area contributed by atoms with Crippen LogP contribution < -0.4 is 5.32 Å². The second-order valence-corrected chi connectivity index (χ2v) is 6.44. The van der Waals surface area contributed by atoms with E-state index >= 15 is 0 Å². The number of fused-ring (bicyclic) bond motifs is 1. The molecule has 0 aromatic carbocycles. The number of nitrogens with one attached hydrogen (secondary N) is 1. The topological polar surface area (TPSA) is 15.3 Å². The predicted octanol–water partition coefficient (Wildman–Crippen LogP) is 2.49. The maximum Gasteiger partial charge on any atom is 0.0245 e. The van der Waals surface area contributed by atoms with Crippen molar-refractivity contribution in [3.8, 4) is 0 Å². The van der Waals surface area contributed by atoms with Gasteiger partial charge in [0.15, 0.2) is 0 Å². The van der Waals surface area contributed by atoms with Gasteiger partial charge in [-0.25, -0.2) is 0 Å². The summed E-state index contributed by atoms with van der Waals surface area (Å²) in [6.45, 7) is 3.74. The molecule has 2 atom stereocenters. The van der Waals surface area contributed by atoms with E-state index in [2.05, 4.69) is 28.7 Å². The molecule has 1 aromatic heterocycles. The highest BCUT2D eigenvalue weighted by Gasteiger charge is 2.28. The molecule has 0 saturated heterocycles. The summed E-state index contributed by atoms with van der Waals surface area (Å²) in [6, 6.07) is 3.08. The second kappa shape index (κ2) is 5.09. The maximum atomic E-state index is 3.49. The van der Waals surface area contributed by atoms with Crippen molar-refractivity contribution in [3.63, 3.8) is 0 Å². The van der Waals surface area contributed by atoms with Crippen molar-refractivity contribution in [2.75, 3.05) is 20.1 Å². The van der Waals surface area contributed by atoms with E-state index in [1.165, 1.54) is 45.3 Å². The van der Waals surface area contributed by atoms with E-state index in [0.29, 0.717) is 0 Å². The van der Waals surface area contributed by atoms with Crippen LogP contribution in [-0.4, -0.2) is 31.1 Å². The average Bonchev–Trinajstić information content (AvgIpc) is 2.96. The van der Waals surface area contributed by atoms with Crippen LogP contribution >= 0.6 is 11.3 Å². The Hall–Kier alpha value is -0.380. The SMILES string of the molecule is CNC1CCCC1CN1CCc2sccc2C1. The number of hydrogen-bond donors (Lipinski definition) is 1. The fourth-order valence-electron chi connectivity index (χ4n) is 3.43. The lowest BCUT2D eigenvalue weighted by atomic mass is 10.0. The molecule has 2 unspecified atom stereocenters. The van der Waals surface area contributed by atoms with E-state index in [1.54, 1.807) is 10.4 Å². The summed E-state index contributed by atoms with van der Waals surface area (Å²) in [4.78, 5) is 4.29. The Morgan fingerprint density at radius 1 is 1.47 bits per heavy atom. The van der Waals surface area contributed by atoms with E-state index < -0.39 is 0 Å². The van der Waals surface area contributed by atoms with Gasteiger partial charge in [0.25, 0.3) is 0 Å². The molecule has 1 aliphatic carbocycles. The first-order chi connectivity index (χ1) is 8.36. The zero-order valence-electron chi connectivity index (χ0n) is 10.6.